The van der Waals surface area contributed by atoms with E-state index in [0.717, 1.165) is 21.4 Å². The Labute approximate surface area is 197 Å². The largest absolute Gasteiger partial charge is 0.469 e. The van der Waals surface area contributed by atoms with Crippen LogP contribution in [-0.2, 0) is 20.1 Å². The highest BCUT2D eigenvalue weighted by molar-refractivity contribution is 5.41. The molecule has 9 nitrogen and oxygen atoms in total. The first-order chi connectivity index (χ1) is 16.2. The fraction of sp³-hybridized carbons (Fsp3) is 0.400. The molecule has 4 N–H and O–H groups in total. The molecule has 1 aromatic carbocycles. The van der Waals surface area contributed by atoms with Crippen LogP contribution in [0.25, 0.3) is 0 Å². The molecule has 2 heterocycles. The summed E-state index contributed by atoms with van der Waals surface area (Å²) in [6, 6.07) is 11.6. The Morgan fingerprint density at radius 1 is 1.18 bits per heavy atom. The fourth-order valence-corrected chi connectivity index (χ4v) is 3.74. The van der Waals surface area contributed by atoms with E-state index < -0.39 is 23.1 Å². The summed E-state index contributed by atoms with van der Waals surface area (Å²) in [7, 11) is 1.52. The summed E-state index contributed by atoms with van der Waals surface area (Å²) in [6.45, 7) is 4.39. The summed E-state index contributed by atoms with van der Waals surface area (Å²) in [5.41, 5.74) is 7.54. The van der Waals surface area contributed by atoms with Crippen LogP contribution in [0.2, 0.25) is 0 Å². The standard InChI is InChI=1S/C25H31N5O4/c1-16-4-7-18(8-5-16)14-28-22(34-19-9-6-17(2)27-15-19)20-21(26)29(3)24(32)30(23(20)31)13-12-25(33)10-11-25/h4-9,15,22,28,33H,10-14,26H2,1-3H3/t22-/m1/s1. The number of hydrogen-bond donors (Lipinski definition) is 3. The van der Waals surface area contributed by atoms with Gasteiger partial charge < -0.3 is 15.6 Å². The lowest BCUT2D eigenvalue weighted by Gasteiger charge is -2.24. The number of nitrogen functional groups attached to an aromatic ring is 1. The number of aryl methyl sites for hydroxylation is 2. The van der Waals surface area contributed by atoms with Crippen molar-refractivity contribution in [2.45, 2.75) is 58.0 Å². The van der Waals surface area contributed by atoms with Crippen molar-refractivity contribution in [3.05, 3.63) is 85.8 Å². The third kappa shape index (κ3) is 5.21. The molecule has 0 amide bonds. The molecule has 1 aliphatic rings. The van der Waals surface area contributed by atoms with Crippen molar-refractivity contribution in [3.8, 4) is 5.75 Å². The van der Waals surface area contributed by atoms with Crippen LogP contribution < -0.4 is 27.0 Å². The zero-order chi connectivity index (χ0) is 24.5. The molecular weight excluding hydrogens is 434 g/mol. The number of nitrogens with one attached hydrogen (secondary N) is 1. The zero-order valence-electron chi connectivity index (χ0n) is 19.7. The Balaban J connectivity index is 1.71. The number of anilines is 1. The molecule has 4 rings (SSSR count). The van der Waals surface area contributed by atoms with E-state index in [1.807, 2.05) is 44.2 Å². The summed E-state index contributed by atoms with van der Waals surface area (Å²) in [6.07, 6.45) is 2.33. The van der Waals surface area contributed by atoms with Gasteiger partial charge in [-0.2, -0.15) is 0 Å². The number of hydrogen-bond acceptors (Lipinski definition) is 7. The van der Waals surface area contributed by atoms with Crippen LogP contribution in [0.15, 0.2) is 52.2 Å². The van der Waals surface area contributed by atoms with Crippen molar-refractivity contribution < 1.29 is 9.84 Å². The molecule has 9 heteroatoms. The third-order valence-corrected chi connectivity index (χ3v) is 6.27. The second-order valence-electron chi connectivity index (χ2n) is 9.07. The monoisotopic (exact) mass is 465 g/mol. The Morgan fingerprint density at radius 3 is 2.50 bits per heavy atom. The van der Waals surface area contributed by atoms with Crippen LogP contribution >= 0.6 is 0 Å². The molecule has 0 bridgehead atoms. The fourth-order valence-electron chi connectivity index (χ4n) is 3.74. The summed E-state index contributed by atoms with van der Waals surface area (Å²) in [5, 5.41) is 13.5. The summed E-state index contributed by atoms with van der Waals surface area (Å²) in [4.78, 5) is 30.6. The minimum absolute atomic E-state index is 0.0258. The first-order valence-electron chi connectivity index (χ1n) is 11.4. The maximum absolute atomic E-state index is 13.5. The number of ether oxygens (including phenoxy) is 1. The Hall–Kier alpha value is -3.43. The number of pyridine rings is 1. The molecule has 34 heavy (non-hydrogen) atoms. The van der Waals surface area contributed by atoms with Gasteiger partial charge in [0, 0.05) is 25.8 Å². The highest BCUT2D eigenvalue weighted by Crippen LogP contribution is 2.38. The van der Waals surface area contributed by atoms with E-state index in [0.29, 0.717) is 31.6 Å². The van der Waals surface area contributed by atoms with Crippen LogP contribution in [0.5, 0.6) is 5.75 Å². The van der Waals surface area contributed by atoms with Crippen LogP contribution in [0.3, 0.4) is 0 Å². The average molecular weight is 466 g/mol. The molecule has 1 saturated carbocycles. The van der Waals surface area contributed by atoms with Gasteiger partial charge in [0.2, 0.25) is 0 Å². The minimum atomic E-state index is -0.930. The SMILES string of the molecule is Cc1ccc(CN[C@H](Oc2ccc(C)nc2)c2c(N)n(C)c(=O)n(CCC3(O)CC3)c2=O)cc1. The van der Waals surface area contributed by atoms with E-state index in [-0.39, 0.29) is 17.9 Å². The zero-order valence-corrected chi connectivity index (χ0v) is 19.7. The normalized spacial score (nSPS) is 15.2. The molecule has 0 spiro atoms. The topological polar surface area (TPSA) is 124 Å². The van der Waals surface area contributed by atoms with Crippen LogP contribution in [0.1, 0.15) is 47.9 Å². The van der Waals surface area contributed by atoms with Crippen LogP contribution in [0, 0.1) is 13.8 Å². The van der Waals surface area contributed by atoms with Crippen LogP contribution in [-0.4, -0.2) is 24.8 Å². The number of aromatic nitrogens is 3. The summed E-state index contributed by atoms with van der Waals surface area (Å²) in [5.74, 6) is 0.483. The lowest BCUT2D eigenvalue weighted by Crippen LogP contribution is -2.45. The third-order valence-electron chi connectivity index (χ3n) is 6.27. The van der Waals surface area contributed by atoms with Gasteiger partial charge in [-0.05, 0) is 50.8 Å². The molecular formula is C25H31N5O4. The predicted molar refractivity (Wildman–Crippen MR) is 130 cm³/mol. The average Bonchev–Trinajstić information content (AvgIpc) is 3.55. The summed E-state index contributed by atoms with van der Waals surface area (Å²) < 4.78 is 8.50. The Bertz CT molecular complexity index is 1270. The molecule has 1 atom stereocenters. The van der Waals surface area contributed by atoms with Crippen molar-refractivity contribution >= 4 is 5.82 Å². The van der Waals surface area contributed by atoms with Gasteiger partial charge in [-0.25, -0.2) is 4.79 Å². The van der Waals surface area contributed by atoms with Crippen molar-refractivity contribution in [1.29, 1.82) is 0 Å². The van der Waals surface area contributed by atoms with E-state index >= 15 is 0 Å². The van der Waals surface area contributed by atoms with E-state index in [1.165, 1.54) is 11.6 Å². The molecule has 2 aromatic heterocycles. The van der Waals surface area contributed by atoms with Crippen molar-refractivity contribution in [2.75, 3.05) is 5.73 Å². The molecule has 1 aliphatic carbocycles. The smallest absolute Gasteiger partial charge is 0.332 e. The lowest BCUT2D eigenvalue weighted by atomic mass is 10.1. The van der Waals surface area contributed by atoms with Gasteiger partial charge in [-0.1, -0.05) is 29.8 Å². The number of benzene rings is 1. The van der Waals surface area contributed by atoms with Gasteiger partial charge in [-0.3, -0.25) is 24.2 Å². The Kier molecular flexibility index (Phi) is 6.58. The highest BCUT2D eigenvalue weighted by atomic mass is 16.5. The Morgan fingerprint density at radius 2 is 1.88 bits per heavy atom. The van der Waals surface area contributed by atoms with E-state index in [9.17, 15) is 14.7 Å². The lowest BCUT2D eigenvalue weighted by molar-refractivity contribution is 0.132. The molecule has 3 aromatic rings. The highest BCUT2D eigenvalue weighted by Gasteiger charge is 2.40. The summed E-state index contributed by atoms with van der Waals surface area (Å²) >= 11 is 0. The number of rotatable bonds is 9. The van der Waals surface area contributed by atoms with E-state index in [4.69, 9.17) is 10.5 Å². The van der Waals surface area contributed by atoms with Gasteiger partial charge in [0.25, 0.3) is 5.56 Å². The number of aliphatic hydroxyl groups is 1. The van der Waals surface area contributed by atoms with Gasteiger partial charge in [-0.15, -0.1) is 0 Å². The quantitative estimate of drug-likeness (QED) is 0.413. The molecule has 0 unspecified atom stereocenters. The predicted octanol–water partition coefficient (Wildman–Crippen LogP) is 1.92. The van der Waals surface area contributed by atoms with E-state index in [2.05, 4.69) is 10.3 Å². The first-order valence-corrected chi connectivity index (χ1v) is 11.4. The van der Waals surface area contributed by atoms with Gasteiger partial charge in [0.15, 0.2) is 6.23 Å². The van der Waals surface area contributed by atoms with Gasteiger partial charge in [0.05, 0.1) is 11.8 Å². The number of nitrogens with zero attached hydrogens (tertiary/aromatic N) is 3. The van der Waals surface area contributed by atoms with Crippen LogP contribution in [0.4, 0.5) is 5.82 Å². The van der Waals surface area contributed by atoms with Crippen molar-refractivity contribution in [2.24, 2.45) is 7.05 Å². The van der Waals surface area contributed by atoms with Crippen molar-refractivity contribution in [1.82, 2.24) is 19.4 Å². The molecule has 0 aliphatic heterocycles. The molecule has 0 saturated heterocycles. The molecule has 180 valence electrons. The first kappa shape index (κ1) is 23.7. The van der Waals surface area contributed by atoms with Gasteiger partial charge >= 0.3 is 5.69 Å². The second kappa shape index (κ2) is 9.44. The second-order valence-corrected chi connectivity index (χ2v) is 9.07. The van der Waals surface area contributed by atoms with E-state index in [1.54, 1.807) is 12.3 Å². The molecule has 1 fully saturated rings. The molecule has 0 radical (unpaired) electrons. The van der Waals surface area contributed by atoms with Gasteiger partial charge in [0.1, 0.15) is 17.1 Å². The number of nitrogens with two attached hydrogens (primary N) is 1. The van der Waals surface area contributed by atoms with Crippen molar-refractivity contribution in [3.63, 3.8) is 0 Å². The maximum Gasteiger partial charge on any atom is 0.332 e. The minimum Gasteiger partial charge on any atom is -0.469 e. The maximum atomic E-state index is 13.5.